The summed E-state index contributed by atoms with van der Waals surface area (Å²) in [6.45, 7) is 3.92. The Hall–Kier alpha value is -3.59. The van der Waals surface area contributed by atoms with Gasteiger partial charge in [0.05, 0.1) is 44.3 Å². The van der Waals surface area contributed by atoms with Crippen molar-refractivity contribution in [3.8, 4) is 5.75 Å². The monoisotopic (exact) mass is 452 g/mol. The van der Waals surface area contributed by atoms with Gasteiger partial charge in [0.2, 0.25) is 5.91 Å². The Morgan fingerprint density at radius 1 is 1.24 bits per heavy atom. The number of fused-ring (bicyclic) bond motifs is 1. The number of pyridine rings is 1. The predicted molar refractivity (Wildman–Crippen MR) is 125 cm³/mol. The summed E-state index contributed by atoms with van der Waals surface area (Å²) in [6, 6.07) is 9.67. The van der Waals surface area contributed by atoms with E-state index in [1.54, 1.807) is 17.9 Å². The molecule has 2 aromatic heterocycles. The Morgan fingerprint density at radius 3 is 2.67 bits per heavy atom. The highest BCUT2D eigenvalue weighted by molar-refractivity contribution is 6.11. The summed E-state index contributed by atoms with van der Waals surface area (Å²) in [4.78, 5) is 30.1. The average Bonchev–Trinajstić information content (AvgIpc) is 3.49. The predicted octanol–water partition coefficient (Wildman–Crippen LogP) is 3.44. The first-order chi connectivity index (χ1) is 16.0. The van der Waals surface area contributed by atoms with E-state index in [0.29, 0.717) is 49.4 Å². The Morgan fingerprint density at radius 2 is 2.03 bits per heavy atom. The van der Waals surface area contributed by atoms with Crippen molar-refractivity contribution in [1.29, 1.82) is 0 Å². The van der Waals surface area contributed by atoms with Gasteiger partial charge in [-0.1, -0.05) is 12.1 Å². The molecule has 1 unspecified atom stereocenters. The van der Waals surface area contributed by atoms with E-state index >= 15 is 0 Å². The lowest BCUT2D eigenvalue weighted by Crippen LogP contribution is -2.24. The smallest absolute Gasteiger partial charge is 0.356 e. The highest BCUT2D eigenvalue weighted by Gasteiger charge is 2.29. The van der Waals surface area contributed by atoms with Crippen LogP contribution in [0.5, 0.6) is 5.75 Å². The van der Waals surface area contributed by atoms with E-state index in [4.69, 9.17) is 14.2 Å². The summed E-state index contributed by atoms with van der Waals surface area (Å²) in [5.41, 5.74) is 3.14. The molecule has 0 aliphatic carbocycles. The second kappa shape index (κ2) is 9.91. The SMILES string of the molecule is CCn1c(C(=O)OC)c(NC(=O)C2CCOC2)c2cc(NCc3ccc(OC)cc3)cnc21. The number of carbonyl (C=O) groups excluding carboxylic acids is 2. The Balaban J connectivity index is 1.68. The standard InChI is InChI=1S/C24H28N4O5/c1-4-28-21(24(30)32-3)20(27-23(29)16-9-10-33-14-16)19-11-17(13-26-22(19)28)25-12-15-5-7-18(31-2)8-6-15/h5-8,11,13,16,25H,4,9-10,12,14H2,1-3H3,(H,27,29). The van der Waals surface area contributed by atoms with Gasteiger partial charge in [0.15, 0.2) is 5.69 Å². The first-order valence-electron chi connectivity index (χ1n) is 10.9. The third kappa shape index (κ3) is 4.63. The summed E-state index contributed by atoms with van der Waals surface area (Å²) >= 11 is 0. The summed E-state index contributed by atoms with van der Waals surface area (Å²) in [5, 5.41) is 6.98. The lowest BCUT2D eigenvalue weighted by molar-refractivity contribution is -0.119. The molecule has 4 rings (SSSR count). The highest BCUT2D eigenvalue weighted by Crippen LogP contribution is 2.33. The number of benzene rings is 1. The molecule has 0 radical (unpaired) electrons. The number of hydrogen-bond acceptors (Lipinski definition) is 7. The van der Waals surface area contributed by atoms with E-state index in [2.05, 4.69) is 15.6 Å². The maximum atomic E-state index is 12.9. The minimum atomic E-state index is -0.527. The highest BCUT2D eigenvalue weighted by atomic mass is 16.5. The van der Waals surface area contributed by atoms with Crippen LogP contribution in [-0.4, -0.2) is 48.9 Å². The van der Waals surface area contributed by atoms with E-state index in [1.165, 1.54) is 7.11 Å². The molecule has 0 saturated carbocycles. The normalized spacial score (nSPS) is 15.4. The van der Waals surface area contributed by atoms with Gasteiger partial charge in [0.25, 0.3) is 0 Å². The van der Waals surface area contributed by atoms with Gasteiger partial charge in [-0.15, -0.1) is 0 Å². The molecule has 1 aliphatic rings. The molecule has 3 heterocycles. The van der Waals surface area contributed by atoms with Crippen molar-refractivity contribution >= 4 is 34.3 Å². The molecule has 9 heteroatoms. The van der Waals surface area contributed by atoms with Crippen LogP contribution < -0.4 is 15.4 Å². The minimum absolute atomic E-state index is 0.176. The molecule has 0 spiro atoms. The van der Waals surface area contributed by atoms with Crippen LogP contribution in [0.15, 0.2) is 36.5 Å². The largest absolute Gasteiger partial charge is 0.497 e. The number of aromatic nitrogens is 2. The Bertz CT molecular complexity index is 1150. The molecular weight excluding hydrogens is 424 g/mol. The number of carbonyl (C=O) groups is 2. The maximum Gasteiger partial charge on any atom is 0.356 e. The second-order valence-electron chi connectivity index (χ2n) is 7.81. The lowest BCUT2D eigenvalue weighted by atomic mass is 10.1. The number of nitrogens with one attached hydrogen (secondary N) is 2. The van der Waals surface area contributed by atoms with Gasteiger partial charge in [-0.2, -0.15) is 0 Å². The molecule has 1 aromatic carbocycles. The van der Waals surface area contributed by atoms with Gasteiger partial charge in [0.1, 0.15) is 11.4 Å². The molecule has 2 N–H and O–H groups in total. The number of hydrogen-bond donors (Lipinski definition) is 2. The minimum Gasteiger partial charge on any atom is -0.497 e. The van der Waals surface area contributed by atoms with Gasteiger partial charge in [0, 0.05) is 25.1 Å². The molecule has 1 saturated heterocycles. The Labute approximate surface area is 192 Å². The van der Waals surface area contributed by atoms with Crippen LogP contribution in [0.4, 0.5) is 11.4 Å². The van der Waals surface area contributed by atoms with E-state index in [0.717, 1.165) is 17.0 Å². The number of amides is 1. The van der Waals surface area contributed by atoms with Crippen LogP contribution in [0.25, 0.3) is 11.0 Å². The topological polar surface area (TPSA) is 104 Å². The van der Waals surface area contributed by atoms with Crippen molar-refractivity contribution in [2.24, 2.45) is 5.92 Å². The van der Waals surface area contributed by atoms with E-state index in [9.17, 15) is 9.59 Å². The van der Waals surface area contributed by atoms with Crippen molar-refractivity contribution < 1.29 is 23.8 Å². The number of methoxy groups -OCH3 is 2. The first-order valence-corrected chi connectivity index (χ1v) is 10.9. The van der Waals surface area contributed by atoms with Crippen LogP contribution in [0.3, 0.4) is 0 Å². The molecule has 1 amide bonds. The fourth-order valence-corrected chi connectivity index (χ4v) is 3.98. The number of ether oxygens (including phenoxy) is 3. The molecular formula is C24H28N4O5. The fourth-order valence-electron chi connectivity index (χ4n) is 3.98. The van der Waals surface area contributed by atoms with Gasteiger partial charge >= 0.3 is 5.97 Å². The number of esters is 1. The number of anilines is 2. The van der Waals surface area contributed by atoms with Crippen molar-refractivity contribution in [3.63, 3.8) is 0 Å². The fraction of sp³-hybridized carbons (Fsp3) is 0.375. The van der Waals surface area contributed by atoms with Crippen molar-refractivity contribution in [2.45, 2.75) is 26.4 Å². The van der Waals surface area contributed by atoms with Crippen LogP contribution in [0, 0.1) is 5.92 Å². The quantitative estimate of drug-likeness (QED) is 0.505. The third-order valence-electron chi connectivity index (χ3n) is 5.80. The Kier molecular flexibility index (Phi) is 6.79. The molecule has 1 atom stereocenters. The van der Waals surface area contributed by atoms with Crippen LogP contribution in [0.2, 0.25) is 0 Å². The second-order valence-corrected chi connectivity index (χ2v) is 7.81. The van der Waals surface area contributed by atoms with Gasteiger partial charge in [-0.25, -0.2) is 9.78 Å². The van der Waals surface area contributed by atoms with E-state index < -0.39 is 5.97 Å². The summed E-state index contributed by atoms with van der Waals surface area (Å²) in [6.07, 6.45) is 2.37. The summed E-state index contributed by atoms with van der Waals surface area (Å²) < 4.78 is 17.3. The van der Waals surface area contributed by atoms with Crippen LogP contribution >= 0.6 is 0 Å². The van der Waals surface area contributed by atoms with E-state index in [-0.39, 0.29) is 17.5 Å². The molecule has 33 heavy (non-hydrogen) atoms. The zero-order chi connectivity index (χ0) is 23.4. The average molecular weight is 453 g/mol. The van der Waals surface area contributed by atoms with Crippen molar-refractivity contribution in [3.05, 3.63) is 47.8 Å². The zero-order valence-electron chi connectivity index (χ0n) is 19.0. The van der Waals surface area contributed by atoms with Gasteiger partial charge < -0.3 is 29.4 Å². The molecule has 0 bridgehead atoms. The maximum absolute atomic E-state index is 12.9. The molecule has 1 fully saturated rings. The number of aryl methyl sites for hydroxylation is 1. The van der Waals surface area contributed by atoms with Crippen molar-refractivity contribution in [1.82, 2.24) is 9.55 Å². The van der Waals surface area contributed by atoms with Crippen LogP contribution in [0.1, 0.15) is 29.4 Å². The molecule has 174 valence electrons. The third-order valence-corrected chi connectivity index (χ3v) is 5.80. The molecule has 1 aliphatic heterocycles. The van der Waals surface area contributed by atoms with Crippen LogP contribution in [-0.2, 0) is 27.4 Å². The number of nitrogens with zero attached hydrogens (tertiary/aromatic N) is 2. The summed E-state index contributed by atoms with van der Waals surface area (Å²) in [5.74, 6) is -0.157. The first kappa shape index (κ1) is 22.6. The van der Waals surface area contributed by atoms with Crippen molar-refractivity contribution in [2.75, 3.05) is 38.1 Å². The van der Waals surface area contributed by atoms with Gasteiger partial charge in [-0.05, 0) is 37.1 Å². The zero-order valence-corrected chi connectivity index (χ0v) is 19.0. The molecule has 3 aromatic rings. The molecule has 9 nitrogen and oxygen atoms in total. The lowest BCUT2D eigenvalue weighted by Gasteiger charge is -2.11. The van der Waals surface area contributed by atoms with E-state index in [1.807, 2.05) is 37.3 Å². The number of rotatable bonds is 8. The summed E-state index contributed by atoms with van der Waals surface area (Å²) in [7, 11) is 2.96. The van der Waals surface area contributed by atoms with Gasteiger partial charge in [-0.3, -0.25) is 4.79 Å².